The van der Waals surface area contributed by atoms with Crippen molar-refractivity contribution >= 4 is 11.8 Å². The van der Waals surface area contributed by atoms with Crippen molar-refractivity contribution in [3.8, 4) is 0 Å². The fourth-order valence-electron chi connectivity index (χ4n) is 1.47. The largest absolute Gasteiger partial charge is 0.355 e. The van der Waals surface area contributed by atoms with Crippen molar-refractivity contribution in [1.82, 2.24) is 10.2 Å². The summed E-state index contributed by atoms with van der Waals surface area (Å²) in [5.41, 5.74) is 0. The fraction of sp³-hybridized carbons (Fsp3) is 0.846. The quantitative estimate of drug-likeness (QED) is 0.738. The molecule has 100 valence electrons. The van der Waals surface area contributed by atoms with Crippen molar-refractivity contribution in [1.29, 1.82) is 0 Å². The fourth-order valence-corrected chi connectivity index (χ4v) is 1.47. The van der Waals surface area contributed by atoms with E-state index in [4.69, 9.17) is 0 Å². The highest BCUT2D eigenvalue weighted by molar-refractivity contribution is 5.83. The molecule has 0 aliphatic carbocycles. The summed E-state index contributed by atoms with van der Waals surface area (Å²) in [4.78, 5) is 24.6. The number of nitrogens with zero attached hydrogens (tertiary/aromatic N) is 1. The predicted molar refractivity (Wildman–Crippen MR) is 69.6 cm³/mol. The van der Waals surface area contributed by atoms with Gasteiger partial charge in [0.05, 0.1) is 6.54 Å². The van der Waals surface area contributed by atoms with Crippen molar-refractivity contribution in [3.05, 3.63) is 0 Å². The summed E-state index contributed by atoms with van der Waals surface area (Å²) in [6.07, 6.45) is 0.968. The Morgan fingerprint density at radius 3 is 2.12 bits per heavy atom. The first-order valence-electron chi connectivity index (χ1n) is 6.35. The predicted octanol–water partition coefficient (Wildman–Crippen LogP) is 1.65. The van der Waals surface area contributed by atoms with E-state index in [1.54, 1.807) is 4.90 Å². The lowest BCUT2D eigenvalue weighted by Crippen LogP contribution is -2.41. The number of carbonyl (C=O) groups excluding carboxylic acids is 2. The van der Waals surface area contributed by atoms with Gasteiger partial charge in [0.25, 0.3) is 0 Å². The van der Waals surface area contributed by atoms with Crippen LogP contribution < -0.4 is 5.32 Å². The minimum absolute atomic E-state index is 0.0438. The van der Waals surface area contributed by atoms with Gasteiger partial charge in [-0.1, -0.05) is 27.7 Å². The van der Waals surface area contributed by atoms with Crippen LogP contribution in [0.2, 0.25) is 0 Å². The zero-order valence-corrected chi connectivity index (χ0v) is 11.7. The molecule has 17 heavy (non-hydrogen) atoms. The van der Waals surface area contributed by atoms with Crippen LogP contribution in [0.1, 0.15) is 41.0 Å². The topological polar surface area (TPSA) is 49.4 Å². The molecule has 0 atom stereocenters. The Kier molecular flexibility index (Phi) is 7.59. The molecule has 2 amide bonds. The van der Waals surface area contributed by atoms with Gasteiger partial charge in [-0.25, -0.2) is 0 Å². The van der Waals surface area contributed by atoms with Crippen LogP contribution in [0.3, 0.4) is 0 Å². The molecule has 0 bridgehead atoms. The Morgan fingerprint density at radius 2 is 1.71 bits per heavy atom. The molecule has 0 heterocycles. The van der Waals surface area contributed by atoms with Crippen molar-refractivity contribution in [2.45, 2.75) is 41.0 Å². The van der Waals surface area contributed by atoms with Gasteiger partial charge in [0.15, 0.2) is 0 Å². The zero-order valence-electron chi connectivity index (χ0n) is 11.7. The molecule has 4 nitrogen and oxygen atoms in total. The summed E-state index contributed by atoms with van der Waals surface area (Å²) in [6.45, 7) is 11.3. The molecule has 0 saturated heterocycles. The molecule has 1 N–H and O–H groups in total. The molecule has 0 aliphatic heterocycles. The van der Waals surface area contributed by atoms with Crippen LogP contribution in [-0.2, 0) is 9.59 Å². The van der Waals surface area contributed by atoms with Crippen molar-refractivity contribution < 1.29 is 9.59 Å². The third-order valence-corrected chi connectivity index (χ3v) is 2.41. The van der Waals surface area contributed by atoms with Crippen molar-refractivity contribution in [2.75, 3.05) is 19.6 Å². The molecule has 0 aromatic rings. The van der Waals surface area contributed by atoms with E-state index in [0.717, 1.165) is 6.42 Å². The van der Waals surface area contributed by atoms with E-state index in [2.05, 4.69) is 19.2 Å². The average molecular weight is 242 g/mol. The molecule has 0 rings (SSSR count). The van der Waals surface area contributed by atoms with Crippen molar-refractivity contribution in [3.63, 3.8) is 0 Å². The van der Waals surface area contributed by atoms with Crippen LogP contribution in [0.15, 0.2) is 0 Å². The minimum Gasteiger partial charge on any atom is -0.355 e. The first kappa shape index (κ1) is 15.9. The van der Waals surface area contributed by atoms with Gasteiger partial charge in [-0.15, -0.1) is 0 Å². The molecule has 0 aliphatic rings. The lowest BCUT2D eigenvalue weighted by molar-refractivity contribution is -0.134. The van der Waals surface area contributed by atoms with Crippen LogP contribution in [-0.4, -0.2) is 36.3 Å². The normalized spacial score (nSPS) is 10.8. The van der Waals surface area contributed by atoms with Crippen LogP contribution in [0, 0.1) is 11.8 Å². The SMILES string of the molecule is CC(=O)N(CC(=O)NCCC(C)C)CC(C)C. The summed E-state index contributed by atoms with van der Waals surface area (Å²) >= 11 is 0. The summed E-state index contributed by atoms with van der Waals surface area (Å²) < 4.78 is 0. The summed E-state index contributed by atoms with van der Waals surface area (Å²) in [7, 11) is 0. The lowest BCUT2D eigenvalue weighted by atomic mass is 10.1. The summed E-state index contributed by atoms with van der Waals surface area (Å²) in [5.74, 6) is 0.844. The smallest absolute Gasteiger partial charge is 0.239 e. The van der Waals surface area contributed by atoms with E-state index >= 15 is 0 Å². The van der Waals surface area contributed by atoms with Crippen molar-refractivity contribution in [2.24, 2.45) is 11.8 Å². The second-order valence-corrected chi connectivity index (χ2v) is 5.33. The highest BCUT2D eigenvalue weighted by Gasteiger charge is 2.14. The van der Waals surface area contributed by atoms with Gasteiger partial charge in [-0.05, 0) is 18.3 Å². The third kappa shape index (κ3) is 8.72. The maximum Gasteiger partial charge on any atom is 0.239 e. The number of amides is 2. The maximum absolute atomic E-state index is 11.6. The van der Waals surface area contributed by atoms with Gasteiger partial charge < -0.3 is 10.2 Å². The molecule has 0 fully saturated rings. The monoisotopic (exact) mass is 242 g/mol. The van der Waals surface area contributed by atoms with Gasteiger partial charge in [0.2, 0.25) is 11.8 Å². The maximum atomic E-state index is 11.6. The van der Waals surface area contributed by atoms with E-state index < -0.39 is 0 Å². The number of hydrogen-bond donors (Lipinski definition) is 1. The standard InChI is InChI=1S/C13H26N2O2/c1-10(2)6-7-14-13(17)9-15(12(5)16)8-11(3)4/h10-11H,6-9H2,1-5H3,(H,14,17). The first-order chi connectivity index (χ1) is 7.82. The molecule has 0 spiro atoms. The van der Waals surface area contributed by atoms with Crippen LogP contribution in [0.5, 0.6) is 0 Å². The van der Waals surface area contributed by atoms with E-state index in [9.17, 15) is 9.59 Å². The highest BCUT2D eigenvalue weighted by Crippen LogP contribution is 1.99. The van der Waals surface area contributed by atoms with Gasteiger partial charge in [0, 0.05) is 20.0 Å². The molecule has 0 unspecified atom stereocenters. The van der Waals surface area contributed by atoms with Gasteiger partial charge in [-0.2, -0.15) is 0 Å². The van der Waals surface area contributed by atoms with Crippen LogP contribution in [0.25, 0.3) is 0 Å². The summed E-state index contributed by atoms with van der Waals surface area (Å²) in [6, 6.07) is 0. The molecule has 4 heteroatoms. The number of hydrogen-bond acceptors (Lipinski definition) is 2. The van der Waals surface area contributed by atoms with Gasteiger partial charge in [0.1, 0.15) is 0 Å². The third-order valence-electron chi connectivity index (χ3n) is 2.41. The van der Waals surface area contributed by atoms with Gasteiger partial charge >= 0.3 is 0 Å². The number of rotatable bonds is 7. The molecule has 0 aromatic carbocycles. The van der Waals surface area contributed by atoms with E-state index in [0.29, 0.717) is 24.9 Å². The molecule has 0 aromatic heterocycles. The lowest BCUT2D eigenvalue weighted by Gasteiger charge is -2.22. The summed E-state index contributed by atoms with van der Waals surface area (Å²) in [5, 5.41) is 2.84. The Bertz CT molecular complexity index is 250. The molecule has 0 radical (unpaired) electrons. The first-order valence-corrected chi connectivity index (χ1v) is 6.35. The second kappa shape index (κ2) is 8.09. The molecular formula is C13H26N2O2. The molecule has 0 saturated carbocycles. The average Bonchev–Trinajstić information content (AvgIpc) is 2.15. The highest BCUT2D eigenvalue weighted by atomic mass is 16.2. The van der Waals surface area contributed by atoms with E-state index in [-0.39, 0.29) is 18.4 Å². The number of nitrogens with one attached hydrogen (secondary N) is 1. The van der Waals surface area contributed by atoms with Crippen LogP contribution in [0.4, 0.5) is 0 Å². The Hall–Kier alpha value is -1.06. The second-order valence-electron chi connectivity index (χ2n) is 5.33. The zero-order chi connectivity index (χ0) is 13.4. The number of carbonyl (C=O) groups is 2. The minimum atomic E-state index is -0.0681. The van der Waals surface area contributed by atoms with Gasteiger partial charge in [-0.3, -0.25) is 9.59 Å². The Balaban J connectivity index is 4.00. The Morgan fingerprint density at radius 1 is 1.12 bits per heavy atom. The molecular weight excluding hydrogens is 216 g/mol. The van der Waals surface area contributed by atoms with E-state index in [1.165, 1.54) is 6.92 Å². The Labute approximate surface area is 105 Å². The van der Waals surface area contributed by atoms with E-state index in [1.807, 2.05) is 13.8 Å². The van der Waals surface area contributed by atoms with Crippen LogP contribution >= 0.6 is 0 Å².